The van der Waals surface area contributed by atoms with E-state index in [1.165, 1.54) is 6.07 Å². The standard InChI is InChI=1S/C15H17FN2O2/c1-15(2)5-3-4-10(15)13-17-11-7-8(16)6-9(14(19)20)12(11)18-13/h6-7,10H,3-5H2,1-2H3,(H,17,18)(H,19,20). The topological polar surface area (TPSA) is 66.0 Å². The number of nitrogens with zero attached hydrogens (tertiary/aromatic N) is 1. The minimum absolute atomic E-state index is 0.0849. The molecule has 1 aliphatic carbocycles. The first kappa shape index (κ1) is 13.1. The third-order valence-electron chi connectivity index (χ3n) is 4.39. The van der Waals surface area contributed by atoms with Gasteiger partial charge in [0, 0.05) is 5.92 Å². The molecule has 1 aliphatic rings. The number of nitrogens with one attached hydrogen (secondary N) is 1. The molecule has 0 spiro atoms. The molecule has 0 aliphatic heterocycles. The van der Waals surface area contributed by atoms with Crippen LogP contribution in [0.4, 0.5) is 4.39 Å². The molecular formula is C15H17FN2O2. The normalized spacial score (nSPS) is 21.4. The minimum atomic E-state index is -1.15. The smallest absolute Gasteiger partial charge is 0.338 e. The van der Waals surface area contributed by atoms with Crippen molar-refractivity contribution >= 4 is 17.0 Å². The number of rotatable bonds is 2. The van der Waals surface area contributed by atoms with Gasteiger partial charge in [0.2, 0.25) is 0 Å². The lowest BCUT2D eigenvalue weighted by Gasteiger charge is -2.24. The highest BCUT2D eigenvalue weighted by Crippen LogP contribution is 2.48. The van der Waals surface area contributed by atoms with E-state index in [1.807, 2.05) is 0 Å². The van der Waals surface area contributed by atoms with Crippen molar-refractivity contribution in [2.45, 2.75) is 39.0 Å². The molecule has 1 unspecified atom stereocenters. The monoisotopic (exact) mass is 276 g/mol. The Morgan fingerprint density at radius 1 is 1.50 bits per heavy atom. The fourth-order valence-corrected chi connectivity index (χ4v) is 3.26. The van der Waals surface area contributed by atoms with Gasteiger partial charge in [0.1, 0.15) is 17.2 Å². The fraction of sp³-hybridized carbons (Fsp3) is 0.467. The summed E-state index contributed by atoms with van der Waals surface area (Å²) in [4.78, 5) is 18.8. The molecule has 3 rings (SSSR count). The van der Waals surface area contributed by atoms with Crippen LogP contribution >= 0.6 is 0 Å². The Balaban J connectivity index is 2.16. The van der Waals surface area contributed by atoms with Crippen LogP contribution in [0.15, 0.2) is 12.1 Å². The molecule has 5 heteroatoms. The van der Waals surface area contributed by atoms with Crippen molar-refractivity contribution in [3.05, 3.63) is 29.3 Å². The van der Waals surface area contributed by atoms with E-state index in [4.69, 9.17) is 5.11 Å². The quantitative estimate of drug-likeness (QED) is 0.879. The molecule has 2 N–H and O–H groups in total. The summed E-state index contributed by atoms with van der Waals surface area (Å²) < 4.78 is 13.5. The zero-order valence-corrected chi connectivity index (χ0v) is 11.5. The summed E-state index contributed by atoms with van der Waals surface area (Å²) in [5, 5.41) is 9.16. The summed E-state index contributed by atoms with van der Waals surface area (Å²) in [7, 11) is 0. The maximum Gasteiger partial charge on any atom is 0.338 e. The summed E-state index contributed by atoms with van der Waals surface area (Å²) in [5.41, 5.74) is 0.852. The van der Waals surface area contributed by atoms with Crippen molar-refractivity contribution in [3.63, 3.8) is 0 Å². The number of H-pyrrole nitrogens is 1. The van der Waals surface area contributed by atoms with Crippen molar-refractivity contribution < 1.29 is 14.3 Å². The number of aromatic carboxylic acids is 1. The fourth-order valence-electron chi connectivity index (χ4n) is 3.26. The van der Waals surface area contributed by atoms with Gasteiger partial charge in [-0.15, -0.1) is 0 Å². The van der Waals surface area contributed by atoms with Gasteiger partial charge in [0.05, 0.1) is 11.1 Å². The van der Waals surface area contributed by atoms with Crippen LogP contribution in [-0.4, -0.2) is 21.0 Å². The average Bonchev–Trinajstić information content (AvgIpc) is 2.89. The Hall–Kier alpha value is -1.91. The molecule has 1 aromatic heterocycles. The lowest BCUT2D eigenvalue weighted by molar-refractivity contribution is 0.0698. The first-order chi connectivity index (χ1) is 9.38. The molecule has 20 heavy (non-hydrogen) atoms. The second-order valence-corrected chi connectivity index (χ2v) is 6.21. The first-order valence-electron chi connectivity index (χ1n) is 6.81. The van der Waals surface area contributed by atoms with Crippen molar-refractivity contribution in [3.8, 4) is 0 Å². The highest BCUT2D eigenvalue weighted by atomic mass is 19.1. The number of carboxylic acid groups (broad SMARTS) is 1. The number of fused-ring (bicyclic) bond motifs is 1. The molecule has 4 nitrogen and oxygen atoms in total. The Morgan fingerprint density at radius 2 is 2.25 bits per heavy atom. The Morgan fingerprint density at radius 3 is 2.85 bits per heavy atom. The van der Waals surface area contributed by atoms with Gasteiger partial charge in [-0.1, -0.05) is 20.3 Å². The Bertz CT molecular complexity index is 690. The summed E-state index contributed by atoms with van der Waals surface area (Å²) in [6.45, 7) is 4.38. The largest absolute Gasteiger partial charge is 0.478 e. The van der Waals surface area contributed by atoms with Gasteiger partial charge < -0.3 is 10.1 Å². The molecule has 0 bridgehead atoms. The molecule has 106 valence electrons. The van der Waals surface area contributed by atoms with E-state index in [9.17, 15) is 9.18 Å². The zero-order valence-electron chi connectivity index (χ0n) is 11.5. The van der Waals surface area contributed by atoms with E-state index in [-0.39, 0.29) is 16.9 Å². The van der Waals surface area contributed by atoms with E-state index in [2.05, 4.69) is 23.8 Å². The van der Waals surface area contributed by atoms with Gasteiger partial charge in [-0.3, -0.25) is 0 Å². The zero-order chi connectivity index (χ0) is 14.5. The summed E-state index contributed by atoms with van der Waals surface area (Å²) in [6.07, 6.45) is 3.28. The molecule has 0 radical (unpaired) electrons. The number of imidazole rings is 1. The van der Waals surface area contributed by atoms with Crippen molar-refractivity contribution in [2.75, 3.05) is 0 Å². The van der Waals surface area contributed by atoms with Gasteiger partial charge in [0.15, 0.2) is 0 Å². The number of aromatic amines is 1. The SMILES string of the molecule is CC1(C)CCCC1c1nc2c(C(=O)O)cc(F)cc2[nH]1. The van der Waals surface area contributed by atoms with Crippen LogP contribution in [0, 0.1) is 11.2 Å². The molecule has 0 amide bonds. The summed E-state index contributed by atoms with van der Waals surface area (Å²) in [6, 6.07) is 2.33. The van der Waals surface area contributed by atoms with Gasteiger partial charge in [-0.25, -0.2) is 14.2 Å². The Labute approximate surface area is 116 Å². The number of aromatic nitrogens is 2. The van der Waals surface area contributed by atoms with Gasteiger partial charge >= 0.3 is 5.97 Å². The molecule has 1 saturated carbocycles. The van der Waals surface area contributed by atoms with Crippen LogP contribution in [0.2, 0.25) is 0 Å². The van der Waals surface area contributed by atoms with Crippen LogP contribution < -0.4 is 0 Å². The number of carboxylic acids is 1. The molecule has 0 saturated heterocycles. The second-order valence-electron chi connectivity index (χ2n) is 6.21. The predicted octanol–water partition coefficient (Wildman–Crippen LogP) is 3.69. The van der Waals surface area contributed by atoms with Crippen LogP contribution in [-0.2, 0) is 0 Å². The molecule has 1 heterocycles. The van der Waals surface area contributed by atoms with Crippen LogP contribution in [0.1, 0.15) is 55.2 Å². The number of hydrogen-bond donors (Lipinski definition) is 2. The third kappa shape index (κ3) is 1.97. The van der Waals surface area contributed by atoms with Gasteiger partial charge in [0.25, 0.3) is 0 Å². The highest BCUT2D eigenvalue weighted by Gasteiger charge is 2.37. The number of benzene rings is 1. The highest BCUT2D eigenvalue weighted by molar-refractivity contribution is 6.01. The lowest BCUT2D eigenvalue weighted by atomic mass is 9.81. The molecule has 1 atom stereocenters. The van der Waals surface area contributed by atoms with Crippen molar-refractivity contribution in [2.24, 2.45) is 5.41 Å². The number of halogens is 1. The summed E-state index contributed by atoms with van der Waals surface area (Å²) >= 11 is 0. The average molecular weight is 276 g/mol. The van der Waals surface area contributed by atoms with E-state index < -0.39 is 11.8 Å². The maximum absolute atomic E-state index is 13.5. The van der Waals surface area contributed by atoms with Gasteiger partial charge in [-0.2, -0.15) is 0 Å². The predicted molar refractivity (Wildman–Crippen MR) is 73.4 cm³/mol. The summed E-state index contributed by atoms with van der Waals surface area (Å²) in [5.74, 6) is -0.677. The van der Waals surface area contributed by atoms with Crippen LogP contribution in [0.5, 0.6) is 0 Å². The van der Waals surface area contributed by atoms with E-state index in [1.54, 1.807) is 0 Å². The number of carbonyl (C=O) groups is 1. The first-order valence-corrected chi connectivity index (χ1v) is 6.81. The van der Waals surface area contributed by atoms with Gasteiger partial charge in [-0.05, 0) is 30.4 Å². The van der Waals surface area contributed by atoms with Crippen LogP contribution in [0.25, 0.3) is 11.0 Å². The molecular weight excluding hydrogens is 259 g/mol. The molecule has 1 fully saturated rings. The van der Waals surface area contributed by atoms with Crippen molar-refractivity contribution in [1.82, 2.24) is 9.97 Å². The lowest BCUT2D eigenvalue weighted by Crippen LogP contribution is -2.16. The minimum Gasteiger partial charge on any atom is -0.478 e. The molecule has 1 aromatic carbocycles. The third-order valence-corrected chi connectivity index (χ3v) is 4.39. The Kier molecular flexibility index (Phi) is 2.81. The second kappa shape index (κ2) is 4.30. The van der Waals surface area contributed by atoms with E-state index in [0.29, 0.717) is 11.0 Å². The van der Waals surface area contributed by atoms with Crippen molar-refractivity contribution in [1.29, 1.82) is 0 Å². The maximum atomic E-state index is 13.5. The van der Waals surface area contributed by atoms with E-state index >= 15 is 0 Å². The molecule has 2 aromatic rings. The number of hydrogen-bond acceptors (Lipinski definition) is 2. The van der Waals surface area contributed by atoms with E-state index in [0.717, 1.165) is 31.2 Å². The van der Waals surface area contributed by atoms with Crippen LogP contribution in [0.3, 0.4) is 0 Å².